The van der Waals surface area contributed by atoms with Gasteiger partial charge in [0.2, 0.25) is 0 Å². The molecule has 0 aliphatic carbocycles. The molecule has 1 heteroatoms. The van der Waals surface area contributed by atoms with Crippen molar-refractivity contribution < 1.29 is 4.39 Å². The molecule has 0 nitrogen and oxygen atoms in total. The second kappa shape index (κ2) is 4.31. The van der Waals surface area contributed by atoms with Gasteiger partial charge in [0.15, 0.2) is 0 Å². The van der Waals surface area contributed by atoms with Crippen molar-refractivity contribution >= 4 is 5.57 Å². The van der Waals surface area contributed by atoms with Crippen LogP contribution >= 0.6 is 0 Å². The summed E-state index contributed by atoms with van der Waals surface area (Å²) < 4.78 is 12.8. The molecule has 0 spiro atoms. The van der Waals surface area contributed by atoms with Crippen molar-refractivity contribution in [2.45, 2.75) is 6.92 Å². The Hall–Kier alpha value is -1.89. The molecule has 80 valence electrons. The third kappa shape index (κ3) is 2.19. The maximum atomic E-state index is 12.8. The van der Waals surface area contributed by atoms with Gasteiger partial charge in [-0.1, -0.05) is 48.5 Å². The van der Waals surface area contributed by atoms with Crippen molar-refractivity contribution in [2.24, 2.45) is 0 Å². The van der Waals surface area contributed by atoms with Crippen molar-refractivity contribution in [1.29, 1.82) is 0 Å². The summed E-state index contributed by atoms with van der Waals surface area (Å²) in [4.78, 5) is 0. The monoisotopic (exact) mass is 212 g/mol. The average Bonchev–Trinajstić information content (AvgIpc) is 2.30. The van der Waals surface area contributed by atoms with Crippen LogP contribution in [0, 0.1) is 12.7 Å². The zero-order valence-corrected chi connectivity index (χ0v) is 9.20. The van der Waals surface area contributed by atoms with Crippen LogP contribution in [0.5, 0.6) is 0 Å². The van der Waals surface area contributed by atoms with E-state index in [2.05, 4.69) is 6.58 Å². The fourth-order valence-electron chi connectivity index (χ4n) is 1.57. The fourth-order valence-corrected chi connectivity index (χ4v) is 1.57. The summed E-state index contributed by atoms with van der Waals surface area (Å²) in [6, 6.07) is 14.6. The number of rotatable bonds is 2. The predicted octanol–water partition coefficient (Wildman–Crippen LogP) is 4.20. The van der Waals surface area contributed by atoms with Crippen molar-refractivity contribution in [3.05, 3.63) is 77.6 Å². The standard InChI is InChI=1S/C15H13F/c1-11-3-5-13(6-4-11)12(2)14-7-9-15(16)10-8-14/h3-10H,2H2,1H3. The molecule has 0 bridgehead atoms. The van der Waals surface area contributed by atoms with Crippen LogP contribution in [0.2, 0.25) is 0 Å². The van der Waals surface area contributed by atoms with Crippen molar-refractivity contribution in [3.63, 3.8) is 0 Å². The van der Waals surface area contributed by atoms with Gasteiger partial charge >= 0.3 is 0 Å². The van der Waals surface area contributed by atoms with Crippen LogP contribution in [-0.2, 0) is 0 Å². The smallest absolute Gasteiger partial charge is 0.123 e. The van der Waals surface area contributed by atoms with Gasteiger partial charge in [-0.25, -0.2) is 4.39 Å². The summed E-state index contributed by atoms with van der Waals surface area (Å²) in [5.41, 5.74) is 4.15. The molecule has 0 heterocycles. The van der Waals surface area contributed by atoms with Crippen LogP contribution in [0.15, 0.2) is 55.1 Å². The Morgan fingerprint density at radius 1 is 0.875 bits per heavy atom. The Morgan fingerprint density at radius 3 is 1.81 bits per heavy atom. The summed E-state index contributed by atoms with van der Waals surface area (Å²) in [7, 11) is 0. The zero-order chi connectivity index (χ0) is 11.5. The van der Waals surface area contributed by atoms with Crippen molar-refractivity contribution in [3.8, 4) is 0 Å². The van der Waals surface area contributed by atoms with Gasteiger partial charge in [-0.2, -0.15) is 0 Å². The van der Waals surface area contributed by atoms with Gasteiger partial charge in [-0.15, -0.1) is 0 Å². The van der Waals surface area contributed by atoms with Crippen LogP contribution in [0.1, 0.15) is 16.7 Å². The highest BCUT2D eigenvalue weighted by Crippen LogP contribution is 2.21. The molecule has 0 aliphatic heterocycles. The molecular weight excluding hydrogens is 199 g/mol. The highest BCUT2D eigenvalue weighted by Gasteiger charge is 2.01. The van der Waals surface area contributed by atoms with E-state index in [1.165, 1.54) is 17.7 Å². The molecule has 0 fully saturated rings. The molecule has 0 saturated heterocycles. The van der Waals surface area contributed by atoms with Crippen LogP contribution in [0.4, 0.5) is 4.39 Å². The molecule has 0 aliphatic rings. The summed E-state index contributed by atoms with van der Waals surface area (Å²) >= 11 is 0. The molecule has 0 unspecified atom stereocenters. The highest BCUT2D eigenvalue weighted by atomic mass is 19.1. The van der Waals surface area contributed by atoms with Crippen LogP contribution < -0.4 is 0 Å². The first-order chi connectivity index (χ1) is 7.66. The molecular formula is C15H13F. The first-order valence-electron chi connectivity index (χ1n) is 5.19. The minimum Gasteiger partial charge on any atom is -0.207 e. The summed E-state index contributed by atoms with van der Waals surface area (Å²) in [6.07, 6.45) is 0. The number of hydrogen-bond donors (Lipinski definition) is 0. The number of hydrogen-bond acceptors (Lipinski definition) is 0. The third-order valence-electron chi connectivity index (χ3n) is 2.59. The molecule has 2 rings (SSSR count). The molecule has 0 amide bonds. The quantitative estimate of drug-likeness (QED) is 0.700. The Kier molecular flexibility index (Phi) is 2.86. The van der Waals surface area contributed by atoms with Crippen molar-refractivity contribution in [1.82, 2.24) is 0 Å². The third-order valence-corrected chi connectivity index (χ3v) is 2.59. The van der Waals surface area contributed by atoms with Gasteiger partial charge in [0.25, 0.3) is 0 Å². The van der Waals surface area contributed by atoms with Gasteiger partial charge < -0.3 is 0 Å². The lowest BCUT2D eigenvalue weighted by molar-refractivity contribution is 0.627. The largest absolute Gasteiger partial charge is 0.207 e. The molecule has 2 aromatic carbocycles. The maximum absolute atomic E-state index is 12.8. The Balaban J connectivity index is 2.32. The molecule has 0 N–H and O–H groups in total. The maximum Gasteiger partial charge on any atom is 0.123 e. The van der Waals surface area contributed by atoms with Gasteiger partial charge in [0, 0.05) is 0 Å². The van der Waals surface area contributed by atoms with E-state index in [1.807, 2.05) is 31.2 Å². The summed E-state index contributed by atoms with van der Waals surface area (Å²) in [5.74, 6) is -0.222. The zero-order valence-electron chi connectivity index (χ0n) is 9.20. The predicted molar refractivity (Wildman–Crippen MR) is 65.7 cm³/mol. The number of benzene rings is 2. The Morgan fingerprint density at radius 2 is 1.31 bits per heavy atom. The minimum atomic E-state index is -0.222. The number of halogens is 1. The minimum absolute atomic E-state index is 0.222. The Bertz CT molecular complexity index is 444. The van der Waals surface area contributed by atoms with Gasteiger partial charge in [-0.3, -0.25) is 0 Å². The SMILES string of the molecule is C=C(c1ccc(C)cc1)c1ccc(F)cc1. The molecule has 0 radical (unpaired) electrons. The van der Waals surface area contributed by atoms with E-state index in [9.17, 15) is 4.39 Å². The second-order valence-corrected chi connectivity index (χ2v) is 3.85. The molecule has 2 aromatic rings. The van der Waals surface area contributed by atoms with E-state index >= 15 is 0 Å². The lowest BCUT2D eigenvalue weighted by atomic mass is 9.99. The highest BCUT2D eigenvalue weighted by molar-refractivity contribution is 5.77. The second-order valence-electron chi connectivity index (χ2n) is 3.85. The van der Waals surface area contributed by atoms with E-state index in [1.54, 1.807) is 12.1 Å². The number of aryl methyl sites for hydroxylation is 1. The van der Waals surface area contributed by atoms with Gasteiger partial charge in [0.1, 0.15) is 5.82 Å². The summed E-state index contributed by atoms with van der Waals surface area (Å²) in [6.45, 7) is 6.08. The molecule has 0 saturated carbocycles. The van der Waals surface area contributed by atoms with E-state index in [4.69, 9.17) is 0 Å². The van der Waals surface area contributed by atoms with Crippen LogP contribution in [0.3, 0.4) is 0 Å². The van der Waals surface area contributed by atoms with Crippen molar-refractivity contribution in [2.75, 3.05) is 0 Å². The van der Waals surface area contributed by atoms with E-state index < -0.39 is 0 Å². The molecule has 0 atom stereocenters. The van der Waals surface area contributed by atoms with Crippen LogP contribution in [0.25, 0.3) is 5.57 Å². The fraction of sp³-hybridized carbons (Fsp3) is 0.0667. The lowest BCUT2D eigenvalue weighted by Gasteiger charge is -2.06. The van der Waals surface area contributed by atoms with Gasteiger partial charge in [-0.05, 0) is 35.8 Å². The normalized spacial score (nSPS) is 10.1. The van der Waals surface area contributed by atoms with Gasteiger partial charge in [0.05, 0.1) is 0 Å². The Labute approximate surface area is 95.1 Å². The van der Waals surface area contributed by atoms with E-state index in [0.717, 1.165) is 16.7 Å². The first kappa shape index (κ1) is 10.6. The summed E-state index contributed by atoms with van der Waals surface area (Å²) in [5, 5.41) is 0. The topological polar surface area (TPSA) is 0 Å². The lowest BCUT2D eigenvalue weighted by Crippen LogP contribution is -1.86. The molecule has 0 aromatic heterocycles. The van der Waals surface area contributed by atoms with E-state index in [-0.39, 0.29) is 5.82 Å². The van der Waals surface area contributed by atoms with Crippen LogP contribution in [-0.4, -0.2) is 0 Å². The first-order valence-corrected chi connectivity index (χ1v) is 5.19. The van der Waals surface area contributed by atoms with E-state index in [0.29, 0.717) is 0 Å². The average molecular weight is 212 g/mol. The molecule has 16 heavy (non-hydrogen) atoms.